The number of benzene rings is 1. The largest absolute Gasteiger partial charge is 0.478 e. The molecule has 2 bridgehead atoms. The summed E-state index contributed by atoms with van der Waals surface area (Å²) in [5.74, 6) is -0.828. The number of amides is 2. The number of nitrogens with zero attached hydrogens (tertiary/aromatic N) is 2. The summed E-state index contributed by atoms with van der Waals surface area (Å²) in [6, 6.07) is 9.73. The second-order valence-corrected chi connectivity index (χ2v) is 7.66. The molecule has 7 nitrogen and oxygen atoms in total. The summed E-state index contributed by atoms with van der Waals surface area (Å²) in [6.07, 6.45) is 7.41. The van der Waals surface area contributed by atoms with Crippen molar-refractivity contribution in [1.82, 2.24) is 5.01 Å². The predicted molar refractivity (Wildman–Crippen MR) is 103 cm³/mol. The SMILES string of the molecule is O=C(O)c1ccc(-c2ccc(/C=N\N3C(=O)[C@H]4[C@H](C3=O)[C@@H]3C=C[C@@H]4CC3)o2)cc1. The second-order valence-electron chi connectivity index (χ2n) is 7.66. The number of imide groups is 1. The van der Waals surface area contributed by atoms with Crippen molar-refractivity contribution in [3.63, 3.8) is 0 Å². The smallest absolute Gasteiger partial charge is 0.335 e. The average molecular weight is 390 g/mol. The van der Waals surface area contributed by atoms with Gasteiger partial charge in [0.1, 0.15) is 11.5 Å². The molecule has 2 heterocycles. The number of carbonyl (C=O) groups excluding carboxylic acids is 2. The molecule has 1 aliphatic heterocycles. The highest BCUT2D eigenvalue weighted by molar-refractivity contribution is 6.06. The van der Waals surface area contributed by atoms with Crippen LogP contribution < -0.4 is 0 Å². The number of carboxylic acids is 1. The molecular formula is C22H18N2O5. The highest BCUT2D eigenvalue weighted by Gasteiger charge is 2.56. The molecule has 3 aliphatic carbocycles. The number of carboxylic acid groups (broad SMARTS) is 1. The van der Waals surface area contributed by atoms with Gasteiger partial charge in [-0.2, -0.15) is 10.1 Å². The fourth-order valence-corrected chi connectivity index (χ4v) is 4.64. The molecule has 1 saturated carbocycles. The van der Waals surface area contributed by atoms with E-state index in [1.165, 1.54) is 18.3 Å². The van der Waals surface area contributed by atoms with E-state index in [1.54, 1.807) is 24.3 Å². The first kappa shape index (κ1) is 17.6. The number of hydrogen-bond acceptors (Lipinski definition) is 5. The molecule has 4 aliphatic rings. The standard InChI is InChI=1S/C22H18N2O5/c25-20-18-13-3-4-14(6-5-13)19(18)21(26)24(20)23-11-16-9-10-17(29-16)12-1-7-15(8-2-12)22(27)28/h1-4,7-11,13-14,18-19H,5-6H2,(H,27,28)/b23-11-/t13-,14-,18-,19-/m1/s1. The van der Waals surface area contributed by atoms with Gasteiger partial charge in [-0.3, -0.25) is 9.59 Å². The highest BCUT2D eigenvalue weighted by atomic mass is 16.4. The van der Waals surface area contributed by atoms with Gasteiger partial charge in [0.15, 0.2) is 0 Å². The van der Waals surface area contributed by atoms with Crippen molar-refractivity contribution in [2.75, 3.05) is 0 Å². The van der Waals surface area contributed by atoms with Crippen LogP contribution in [0, 0.1) is 23.7 Å². The van der Waals surface area contributed by atoms with Gasteiger partial charge in [0.05, 0.1) is 23.6 Å². The monoisotopic (exact) mass is 390 g/mol. The molecule has 146 valence electrons. The highest BCUT2D eigenvalue weighted by Crippen LogP contribution is 2.49. The van der Waals surface area contributed by atoms with Gasteiger partial charge in [-0.15, -0.1) is 0 Å². The van der Waals surface area contributed by atoms with Crippen LogP contribution in [0.25, 0.3) is 11.3 Å². The van der Waals surface area contributed by atoms with Gasteiger partial charge in [0, 0.05) is 5.56 Å². The minimum absolute atomic E-state index is 0.130. The minimum Gasteiger partial charge on any atom is -0.478 e. The molecule has 1 N–H and O–H groups in total. The third-order valence-electron chi connectivity index (χ3n) is 6.08. The Morgan fingerprint density at radius 2 is 1.62 bits per heavy atom. The normalized spacial score (nSPS) is 27.8. The van der Waals surface area contributed by atoms with Crippen LogP contribution in [-0.2, 0) is 9.59 Å². The van der Waals surface area contributed by atoms with E-state index in [0.717, 1.165) is 23.4 Å². The van der Waals surface area contributed by atoms with E-state index in [1.807, 2.05) is 0 Å². The van der Waals surface area contributed by atoms with Crippen molar-refractivity contribution >= 4 is 24.0 Å². The Kier molecular flexibility index (Phi) is 3.97. The Morgan fingerprint density at radius 3 is 2.17 bits per heavy atom. The quantitative estimate of drug-likeness (QED) is 0.491. The molecule has 4 atom stereocenters. The molecule has 6 rings (SSSR count). The van der Waals surface area contributed by atoms with E-state index in [2.05, 4.69) is 17.3 Å². The lowest BCUT2D eigenvalue weighted by atomic mass is 9.63. The number of aromatic carboxylic acids is 1. The summed E-state index contributed by atoms with van der Waals surface area (Å²) < 4.78 is 5.72. The maximum atomic E-state index is 12.8. The van der Waals surface area contributed by atoms with E-state index in [4.69, 9.17) is 9.52 Å². The third-order valence-corrected chi connectivity index (χ3v) is 6.08. The molecule has 2 fully saturated rings. The number of carbonyl (C=O) groups is 3. The van der Waals surface area contributed by atoms with E-state index in [9.17, 15) is 14.4 Å². The second kappa shape index (κ2) is 6.55. The number of allylic oxidation sites excluding steroid dienone is 2. The summed E-state index contributed by atoms with van der Waals surface area (Å²) in [4.78, 5) is 36.5. The summed E-state index contributed by atoms with van der Waals surface area (Å²) in [7, 11) is 0. The first-order valence-corrected chi connectivity index (χ1v) is 9.56. The first-order valence-electron chi connectivity index (χ1n) is 9.56. The Morgan fingerprint density at radius 1 is 1.00 bits per heavy atom. The molecule has 1 aromatic carbocycles. The van der Waals surface area contributed by atoms with Crippen molar-refractivity contribution in [2.45, 2.75) is 12.8 Å². The van der Waals surface area contributed by atoms with Crippen LogP contribution >= 0.6 is 0 Å². The van der Waals surface area contributed by atoms with E-state index in [-0.39, 0.29) is 41.0 Å². The van der Waals surface area contributed by atoms with Crippen molar-refractivity contribution in [1.29, 1.82) is 0 Å². The molecular weight excluding hydrogens is 372 g/mol. The molecule has 7 heteroatoms. The average Bonchev–Trinajstić information content (AvgIpc) is 3.32. The Balaban J connectivity index is 1.34. The summed E-state index contributed by atoms with van der Waals surface area (Å²) in [5.41, 5.74) is 0.912. The molecule has 1 saturated heterocycles. The summed E-state index contributed by atoms with van der Waals surface area (Å²) in [6.45, 7) is 0. The maximum Gasteiger partial charge on any atom is 0.335 e. The predicted octanol–water partition coefficient (Wildman–Crippen LogP) is 3.18. The van der Waals surface area contributed by atoms with Crippen LogP contribution in [0.3, 0.4) is 0 Å². The lowest BCUT2D eigenvalue weighted by Gasteiger charge is -2.37. The molecule has 0 radical (unpaired) electrons. The lowest BCUT2D eigenvalue weighted by molar-refractivity contribution is -0.140. The maximum absolute atomic E-state index is 12.8. The van der Waals surface area contributed by atoms with Crippen molar-refractivity contribution in [3.8, 4) is 11.3 Å². The van der Waals surface area contributed by atoms with Crippen molar-refractivity contribution in [3.05, 3.63) is 59.9 Å². The number of rotatable bonds is 4. The molecule has 0 unspecified atom stereocenters. The molecule has 2 aromatic rings. The van der Waals surface area contributed by atoms with Gasteiger partial charge in [-0.1, -0.05) is 24.3 Å². The number of hydrogen-bond donors (Lipinski definition) is 1. The number of furan rings is 1. The molecule has 2 amide bonds. The van der Waals surface area contributed by atoms with Gasteiger partial charge < -0.3 is 9.52 Å². The van der Waals surface area contributed by atoms with Crippen LogP contribution in [0.1, 0.15) is 29.0 Å². The molecule has 29 heavy (non-hydrogen) atoms. The Bertz CT molecular complexity index is 1030. The van der Waals surface area contributed by atoms with Crippen LogP contribution in [0.4, 0.5) is 0 Å². The zero-order valence-corrected chi connectivity index (χ0v) is 15.4. The zero-order chi connectivity index (χ0) is 20.1. The lowest BCUT2D eigenvalue weighted by Crippen LogP contribution is -2.38. The van der Waals surface area contributed by atoms with Crippen LogP contribution in [0.5, 0.6) is 0 Å². The fraction of sp³-hybridized carbons (Fsp3) is 0.273. The van der Waals surface area contributed by atoms with Gasteiger partial charge in [-0.25, -0.2) is 4.79 Å². The topological polar surface area (TPSA) is 100 Å². The minimum atomic E-state index is -0.993. The van der Waals surface area contributed by atoms with E-state index in [0.29, 0.717) is 11.5 Å². The zero-order valence-electron chi connectivity index (χ0n) is 15.4. The van der Waals surface area contributed by atoms with Crippen molar-refractivity contribution in [2.24, 2.45) is 28.8 Å². The Labute approximate surface area is 166 Å². The van der Waals surface area contributed by atoms with Crippen LogP contribution in [-0.4, -0.2) is 34.1 Å². The van der Waals surface area contributed by atoms with Gasteiger partial charge in [0.2, 0.25) is 0 Å². The number of hydrazone groups is 1. The van der Waals surface area contributed by atoms with Crippen LogP contribution in [0.15, 0.2) is 58.1 Å². The van der Waals surface area contributed by atoms with Gasteiger partial charge >= 0.3 is 5.97 Å². The first-order chi connectivity index (χ1) is 14.0. The summed E-state index contributed by atoms with van der Waals surface area (Å²) in [5, 5.41) is 14.1. The third kappa shape index (κ3) is 2.81. The summed E-state index contributed by atoms with van der Waals surface area (Å²) >= 11 is 0. The van der Waals surface area contributed by atoms with E-state index >= 15 is 0 Å². The van der Waals surface area contributed by atoms with Crippen LogP contribution in [0.2, 0.25) is 0 Å². The van der Waals surface area contributed by atoms with E-state index < -0.39 is 5.97 Å². The molecule has 0 spiro atoms. The fourth-order valence-electron chi connectivity index (χ4n) is 4.64. The van der Waals surface area contributed by atoms with Crippen molar-refractivity contribution < 1.29 is 23.9 Å². The van der Waals surface area contributed by atoms with Gasteiger partial charge in [0.25, 0.3) is 11.8 Å². The Hall–Kier alpha value is -3.48. The number of fused-ring (bicyclic) bond motifs is 1. The van der Waals surface area contributed by atoms with Gasteiger partial charge in [-0.05, 0) is 48.9 Å². The molecule has 1 aromatic heterocycles.